The molecule has 6 rings (SSSR count). The molecule has 2 aliphatic carbocycles. The molecule has 1 spiro atoms. The van der Waals surface area contributed by atoms with Crippen LogP contribution < -0.4 is 5.56 Å². The summed E-state index contributed by atoms with van der Waals surface area (Å²) < 4.78 is 15.1. The lowest BCUT2D eigenvalue weighted by Gasteiger charge is -2.42. The Bertz CT molecular complexity index is 1350. The maximum absolute atomic E-state index is 13.6. The highest BCUT2D eigenvalue weighted by Gasteiger charge is 2.75. The molecule has 0 saturated heterocycles. The van der Waals surface area contributed by atoms with Gasteiger partial charge in [-0.1, -0.05) is 24.6 Å². The third-order valence-electron chi connectivity index (χ3n) is 8.88. The first kappa shape index (κ1) is 21.6. The number of nitrogens with zero attached hydrogens (tertiary/aromatic N) is 3. The van der Waals surface area contributed by atoms with Gasteiger partial charge in [0.1, 0.15) is 17.2 Å². The van der Waals surface area contributed by atoms with Crippen LogP contribution in [0.15, 0.2) is 23.0 Å². The summed E-state index contributed by atoms with van der Waals surface area (Å²) in [4.78, 5) is 43.8. The van der Waals surface area contributed by atoms with Gasteiger partial charge in [0.15, 0.2) is 5.75 Å². The lowest BCUT2D eigenvalue weighted by Crippen LogP contribution is -2.53. The zero-order valence-corrected chi connectivity index (χ0v) is 19.8. The monoisotopic (exact) mass is 485 g/mol. The number of carbonyl (C=O) groups is 2. The number of fused-ring (bicyclic) bond motifs is 6. The maximum atomic E-state index is 13.6. The Morgan fingerprint density at radius 3 is 2.68 bits per heavy atom. The van der Waals surface area contributed by atoms with Gasteiger partial charge >= 0.3 is 0 Å². The van der Waals surface area contributed by atoms with Crippen molar-refractivity contribution < 1.29 is 19.1 Å². The van der Waals surface area contributed by atoms with Crippen LogP contribution in [0.25, 0.3) is 0 Å². The van der Waals surface area contributed by atoms with Crippen molar-refractivity contribution >= 4 is 23.4 Å². The van der Waals surface area contributed by atoms with Crippen LogP contribution >= 0.6 is 11.6 Å². The molecule has 7 nitrogen and oxygen atoms in total. The van der Waals surface area contributed by atoms with Gasteiger partial charge in [-0.2, -0.15) is 0 Å². The number of aromatic nitrogens is 1. The van der Waals surface area contributed by atoms with Crippen molar-refractivity contribution in [3.63, 3.8) is 0 Å². The Labute approximate surface area is 200 Å². The van der Waals surface area contributed by atoms with Gasteiger partial charge in [0, 0.05) is 31.1 Å². The van der Waals surface area contributed by atoms with Crippen LogP contribution in [0.1, 0.15) is 64.6 Å². The van der Waals surface area contributed by atoms with Crippen molar-refractivity contribution in [1.82, 2.24) is 14.4 Å². The predicted molar refractivity (Wildman–Crippen MR) is 122 cm³/mol. The van der Waals surface area contributed by atoms with E-state index in [4.69, 9.17) is 11.6 Å². The van der Waals surface area contributed by atoms with E-state index in [-0.39, 0.29) is 34.1 Å². The molecule has 2 saturated carbocycles. The number of halogens is 2. The van der Waals surface area contributed by atoms with Crippen molar-refractivity contribution in [3.8, 4) is 5.75 Å². The second-order valence-electron chi connectivity index (χ2n) is 10.0. The summed E-state index contributed by atoms with van der Waals surface area (Å²) in [6.07, 6.45) is 3.73. The molecule has 0 bridgehead atoms. The number of hydrogen-bond donors (Lipinski definition) is 1. The molecule has 3 atom stereocenters. The molecule has 4 aliphatic rings. The number of rotatable bonds is 3. The second kappa shape index (κ2) is 6.84. The summed E-state index contributed by atoms with van der Waals surface area (Å²) >= 11 is 5.88. The van der Waals surface area contributed by atoms with Crippen LogP contribution in [0.2, 0.25) is 5.02 Å². The molecular formula is C25H25ClFN3O4. The Morgan fingerprint density at radius 1 is 1.24 bits per heavy atom. The zero-order chi connectivity index (χ0) is 24.2. The molecule has 2 aliphatic heterocycles. The molecule has 0 unspecified atom stereocenters. The summed E-state index contributed by atoms with van der Waals surface area (Å²) in [6, 6.07) is 4.23. The van der Waals surface area contributed by atoms with E-state index in [0.29, 0.717) is 36.4 Å². The van der Waals surface area contributed by atoms with E-state index in [9.17, 15) is 23.9 Å². The Kier molecular flexibility index (Phi) is 4.36. The molecule has 2 fully saturated rings. The largest absolute Gasteiger partial charge is 0.502 e. The third kappa shape index (κ3) is 2.39. The van der Waals surface area contributed by atoms with Gasteiger partial charge in [-0.05, 0) is 55.7 Å². The molecule has 1 N–H and O–H groups in total. The Hall–Kier alpha value is -2.87. The van der Waals surface area contributed by atoms with Crippen LogP contribution in [0.4, 0.5) is 4.39 Å². The summed E-state index contributed by atoms with van der Waals surface area (Å²) in [6.45, 7) is 2.54. The van der Waals surface area contributed by atoms with E-state index in [2.05, 4.69) is 6.92 Å². The molecule has 1 aromatic carbocycles. The van der Waals surface area contributed by atoms with E-state index in [1.165, 1.54) is 21.6 Å². The normalized spacial score (nSPS) is 29.0. The molecular weight excluding hydrogens is 461 g/mol. The third-order valence-corrected chi connectivity index (χ3v) is 9.17. The quantitative estimate of drug-likeness (QED) is 0.721. The summed E-state index contributed by atoms with van der Waals surface area (Å²) in [5.41, 5.74) is -0.394. The number of amides is 2. The highest BCUT2D eigenvalue weighted by atomic mass is 35.5. The second-order valence-corrected chi connectivity index (χ2v) is 10.5. The fourth-order valence-electron chi connectivity index (χ4n) is 7.18. The van der Waals surface area contributed by atoms with Gasteiger partial charge in [0.05, 0.1) is 10.6 Å². The van der Waals surface area contributed by atoms with Gasteiger partial charge in [-0.3, -0.25) is 19.0 Å². The van der Waals surface area contributed by atoms with Crippen molar-refractivity contribution in [1.29, 1.82) is 0 Å². The Morgan fingerprint density at radius 2 is 2.00 bits per heavy atom. The van der Waals surface area contributed by atoms with Crippen LogP contribution in [0.3, 0.4) is 0 Å². The van der Waals surface area contributed by atoms with Crippen LogP contribution in [0, 0.1) is 17.2 Å². The predicted octanol–water partition coefficient (Wildman–Crippen LogP) is 3.49. The van der Waals surface area contributed by atoms with Crippen molar-refractivity contribution in [2.24, 2.45) is 11.3 Å². The number of hydrogen-bond acceptors (Lipinski definition) is 4. The lowest BCUT2D eigenvalue weighted by atomic mass is 9.86. The van der Waals surface area contributed by atoms with Crippen LogP contribution in [-0.4, -0.2) is 44.9 Å². The summed E-state index contributed by atoms with van der Waals surface area (Å²) in [5.74, 6) is -1.46. The van der Waals surface area contributed by atoms with E-state index in [1.807, 2.05) is 0 Å². The molecule has 9 heteroatoms. The van der Waals surface area contributed by atoms with E-state index in [1.54, 1.807) is 18.0 Å². The smallest absolute Gasteiger partial charge is 0.296 e. The van der Waals surface area contributed by atoms with E-state index < -0.39 is 28.7 Å². The molecule has 178 valence electrons. The van der Waals surface area contributed by atoms with Crippen molar-refractivity contribution in [3.05, 3.63) is 61.8 Å². The number of pyridine rings is 1. The molecule has 2 amide bonds. The first-order chi connectivity index (χ1) is 16.2. The first-order valence-corrected chi connectivity index (χ1v) is 12.1. The number of benzene rings is 1. The standard InChI is InChI=1S/C25H25ClFN3O4/c1-3-24-11-14(24)6-8-25(24)28(2)22(33)19-15-7-9-29(12-13-4-5-17(27)16(26)10-13)21(32)18(15)20(31)23(34)30(19)25/h4-5,10,14,31H,3,6-9,11-12H2,1-2H3/t14-,24+,25-/m1/s1. The van der Waals surface area contributed by atoms with E-state index >= 15 is 0 Å². The first-order valence-electron chi connectivity index (χ1n) is 11.7. The fourth-order valence-corrected chi connectivity index (χ4v) is 7.38. The van der Waals surface area contributed by atoms with Gasteiger partial charge in [0.2, 0.25) is 0 Å². The highest BCUT2D eigenvalue weighted by molar-refractivity contribution is 6.30. The van der Waals surface area contributed by atoms with E-state index in [0.717, 1.165) is 19.3 Å². The lowest BCUT2D eigenvalue weighted by molar-refractivity contribution is 0.00483. The number of aromatic hydroxyl groups is 1. The average molecular weight is 486 g/mol. The SMILES string of the molecule is CC[C@]12C[C@H]1CC[C@]21N(C)C(=O)c2c3c(c(O)c(=O)n21)C(=O)N(Cc1ccc(F)c(Cl)c1)CC3. The molecule has 34 heavy (non-hydrogen) atoms. The van der Waals surface area contributed by atoms with Gasteiger partial charge in [-0.15, -0.1) is 0 Å². The van der Waals surface area contributed by atoms with Gasteiger partial charge in [0.25, 0.3) is 17.4 Å². The van der Waals surface area contributed by atoms with Gasteiger partial charge < -0.3 is 14.9 Å². The minimum atomic E-state index is -0.784. The van der Waals surface area contributed by atoms with Crippen molar-refractivity contribution in [2.75, 3.05) is 13.6 Å². The molecule has 1 aromatic heterocycles. The summed E-state index contributed by atoms with van der Waals surface area (Å²) in [7, 11) is 1.74. The minimum absolute atomic E-state index is 0.0417. The van der Waals surface area contributed by atoms with Crippen LogP contribution in [-0.2, 0) is 18.6 Å². The number of carbonyl (C=O) groups excluding carboxylic acids is 2. The minimum Gasteiger partial charge on any atom is -0.502 e. The topological polar surface area (TPSA) is 82.9 Å². The Balaban J connectivity index is 1.47. The van der Waals surface area contributed by atoms with Crippen molar-refractivity contribution in [2.45, 2.75) is 51.2 Å². The molecule has 3 heterocycles. The zero-order valence-electron chi connectivity index (χ0n) is 19.0. The highest BCUT2D eigenvalue weighted by Crippen LogP contribution is 2.74. The van der Waals surface area contributed by atoms with Gasteiger partial charge in [-0.25, -0.2) is 4.39 Å². The maximum Gasteiger partial charge on any atom is 0.296 e. The van der Waals surface area contributed by atoms with Crippen LogP contribution in [0.5, 0.6) is 5.75 Å². The average Bonchev–Trinajstić information content (AvgIpc) is 3.40. The fraction of sp³-hybridized carbons (Fsp3) is 0.480. The molecule has 2 aromatic rings. The summed E-state index contributed by atoms with van der Waals surface area (Å²) in [5, 5.41) is 11.0. The molecule has 0 radical (unpaired) electrons.